The summed E-state index contributed by atoms with van der Waals surface area (Å²) in [7, 11) is 1.58. The van der Waals surface area contributed by atoms with Crippen LogP contribution < -0.4 is 10.6 Å². The molecule has 0 saturated heterocycles. The summed E-state index contributed by atoms with van der Waals surface area (Å²) in [5.41, 5.74) is -0.234. The average molecular weight is 285 g/mol. The van der Waals surface area contributed by atoms with Crippen molar-refractivity contribution in [3.05, 3.63) is 11.1 Å². The van der Waals surface area contributed by atoms with Crippen molar-refractivity contribution in [2.75, 3.05) is 20.1 Å². The maximum absolute atomic E-state index is 11.5. The Labute approximate surface area is 116 Å². The molecular weight excluding hydrogens is 266 g/mol. The number of carbonyl (C=O) groups is 4. The predicted octanol–water partition coefficient (Wildman–Crippen LogP) is -0.288. The Morgan fingerprint density at radius 1 is 1.10 bits per heavy atom. The fourth-order valence-electron chi connectivity index (χ4n) is 1.04. The van der Waals surface area contributed by atoms with Crippen LogP contribution in [0.2, 0.25) is 0 Å². The first-order valence-corrected chi connectivity index (χ1v) is 5.94. The zero-order valence-electron chi connectivity index (χ0n) is 11.9. The van der Waals surface area contributed by atoms with Crippen LogP contribution in [0.1, 0.15) is 20.8 Å². The van der Waals surface area contributed by atoms with Gasteiger partial charge in [-0.1, -0.05) is 0 Å². The van der Waals surface area contributed by atoms with E-state index in [0.717, 1.165) is 0 Å². The zero-order chi connectivity index (χ0) is 15.9. The van der Waals surface area contributed by atoms with Crippen molar-refractivity contribution in [1.29, 1.82) is 0 Å². The van der Waals surface area contributed by atoms with Crippen LogP contribution in [-0.2, 0) is 14.4 Å². The summed E-state index contributed by atoms with van der Waals surface area (Å²) < 4.78 is 0. The van der Waals surface area contributed by atoms with Crippen molar-refractivity contribution in [2.45, 2.75) is 20.8 Å². The van der Waals surface area contributed by atoms with E-state index in [1.807, 2.05) is 5.32 Å². The lowest BCUT2D eigenvalue weighted by molar-refractivity contribution is -0.133. The first-order valence-electron chi connectivity index (χ1n) is 5.94. The SMILES string of the molecule is CCN(C)C(=O)CNC(=O)NC(=O)C(C)=C(C)C(=O)O. The van der Waals surface area contributed by atoms with Gasteiger partial charge < -0.3 is 15.3 Å². The minimum absolute atomic E-state index is 0.0790. The van der Waals surface area contributed by atoms with Crippen molar-refractivity contribution in [3.63, 3.8) is 0 Å². The number of hydrogen-bond donors (Lipinski definition) is 3. The van der Waals surface area contributed by atoms with Crippen LogP contribution in [0.5, 0.6) is 0 Å². The molecule has 0 heterocycles. The Balaban J connectivity index is 4.43. The number of carboxylic acid groups (broad SMARTS) is 1. The van der Waals surface area contributed by atoms with Gasteiger partial charge in [0.1, 0.15) is 0 Å². The largest absolute Gasteiger partial charge is 0.478 e. The van der Waals surface area contributed by atoms with Crippen molar-refractivity contribution in [3.8, 4) is 0 Å². The van der Waals surface area contributed by atoms with E-state index in [4.69, 9.17) is 5.11 Å². The number of carboxylic acids is 1. The number of urea groups is 1. The molecule has 8 nitrogen and oxygen atoms in total. The lowest BCUT2D eigenvalue weighted by atomic mass is 10.1. The van der Waals surface area contributed by atoms with E-state index in [2.05, 4.69) is 5.32 Å². The van der Waals surface area contributed by atoms with Gasteiger partial charge in [0.05, 0.1) is 6.54 Å². The summed E-state index contributed by atoms with van der Waals surface area (Å²) >= 11 is 0. The molecule has 0 saturated carbocycles. The number of nitrogens with zero attached hydrogens (tertiary/aromatic N) is 1. The molecule has 0 aliphatic rings. The highest BCUT2D eigenvalue weighted by Gasteiger charge is 2.16. The third kappa shape index (κ3) is 5.51. The second-order valence-corrected chi connectivity index (χ2v) is 4.10. The summed E-state index contributed by atoms with van der Waals surface area (Å²) in [6, 6.07) is -0.856. The van der Waals surface area contributed by atoms with Crippen molar-refractivity contribution in [2.24, 2.45) is 0 Å². The van der Waals surface area contributed by atoms with Gasteiger partial charge in [-0.25, -0.2) is 9.59 Å². The minimum atomic E-state index is -1.24. The van der Waals surface area contributed by atoms with Gasteiger partial charge in [-0.15, -0.1) is 0 Å². The molecule has 20 heavy (non-hydrogen) atoms. The summed E-state index contributed by atoms with van der Waals surface area (Å²) in [5.74, 6) is -2.36. The van der Waals surface area contributed by atoms with Gasteiger partial charge >= 0.3 is 12.0 Å². The molecule has 0 aliphatic heterocycles. The Hall–Kier alpha value is -2.38. The second-order valence-electron chi connectivity index (χ2n) is 4.10. The van der Waals surface area contributed by atoms with Crippen LogP contribution in [0.25, 0.3) is 0 Å². The molecule has 0 aliphatic carbocycles. The van der Waals surface area contributed by atoms with Crippen LogP contribution >= 0.6 is 0 Å². The van der Waals surface area contributed by atoms with E-state index >= 15 is 0 Å². The summed E-state index contributed by atoms with van der Waals surface area (Å²) in [5, 5.41) is 12.9. The van der Waals surface area contributed by atoms with E-state index in [9.17, 15) is 19.2 Å². The molecule has 0 aromatic heterocycles. The molecule has 0 radical (unpaired) electrons. The van der Waals surface area contributed by atoms with Crippen LogP contribution in [0, 0.1) is 0 Å². The van der Waals surface area contributed by atoms with E-state index in [-0.39, 0.29) is 23.6 Å². The number of nitrogens with one attached hydrogen (secondary N) is 2. The van der Waals surface area contributed by atoms with Crippen LogP contribution in [0.4, 0.5) is 4.79 Å². The van der Waals surface area contributed by atoms with E-state index in [0.29, 0.717) is 6.54 Å². The highest BCUT2D eigenvalue weighted by Crippen LogP contribution is 2.03. The summed E-state index contributed by atoms with van der Waals surface area (Å²) in [6.07, 6.45) is 0. The first kappa shape index (κ1) is 17.6. The lowest BCUT2D eigenvalue weighted by Crippen LogP contribution is -2.44. The van der Waals surface area contributed by atoms with Crippen molar-refractivity contribution < 1.29 is 24.3 Å². The van der Waals surface area contributed by atoms with Gasteiger partial charge in [-0.2, -0.15) is 0 Å². The molecule has 0 rings (SSSR count). The smallest absolute Gasteiger partial charge is 0.331 e. The second kappa shape index (κ2) is 7.93. The van der Waals surface area contributed by atoms with Gasteiger partial charge in [0, 0.05) is 24.7 Å². The van der Waals surface area contributed by atoms with Gasteiger partial charge in [0.25, 0.3) is 5.91 Å². The third-order valence-corrected chi connectivity index (χ3v) is 2.75. The Morgan fingerprint density at radius 2 is 1.65 bits per heavy atom. The molecule has 0 spiro atoms. The van der Waals surface area contributed by atoms with Gasteiger partial charge in [0.15, 0.2) is 0 Å². The van der Waals surface area contributed by atoms with E-state index in [1.54, 1.807) is 14.0 Å². The first-order chi connectivity index (χ1) is 9.20. The highest BCUT2D eigenvalue weighted by molar-refractivity contribution is 6.07. The molecule has 0 unspecified atom stereocenters. The molecular formula is C12H19N3O5. The van der Waals surface area contributed by atoms with Crippen LogP contribution in [0.3, 0.4) is 0 Å². The predicted molar refractivity (Wildman–Crippen MR) is 70.9 cm³/mol. The molecule has 0 bridgehead atoms. The number of hydrogen-bond acceptors (Lipinski definition) is 4. The number of amides is 4. The highest BCUT2D eigenvalue weighted by atomic mass is 16.4. The molecule has 112 valence electrons. The third-order valence-electron chi connectivity index (χ3n) is 2.75. The Bertz CT molecular complexity index is 456. The molecule has 0 fully saturated rings. The van der Waals surface area contributed by atoms with Crippen molar-refractivity contribution in [1.82, 2.24) is 15.5 Å². The standard InChI is InChI=1S/C12H19N3O5/c1-5-15(4)9(16)6-13-12(20)14-10(17)7(2)8(3)11(18)19/h5-6H2,1-4H3,(H,18,19)(H2,13,14,17,20). The molecule has 0 atom stereocenters. The molecule has 4 amide bonds. The zero-order valence-corrected chi connectivity index (χ0v) is 11.9. The van der Waals surface area contributed by atoms with Crippen LogP contribution in [-0.4, -0.2) is 54.0 Å². The topological polar surface area (TPSA) is 116 Å². The van der Waals surface area contributed by atoms with Crippen LogP contribution in [0.15, 0.2) is 11.1 Å². The normalized spacial score (nSPS) is 11.2. The fraction of sp³-hybridized carbons (Fsp3) is 0.500. The molecule has 3 N–H and O–H groups in total. The number of rotatable bonds is 5. The minimum Gasteiger partial charge on any atom is -0.478 e. The number of likely N-dealkylation sites (N-methyl/N-ethyl adjacent to an activating group) is 1. The monoisotopic (exact) mass is 285 g/mol. The Kier molecular flexibility index (Phi) is 6.98. The van der Waals surface area contributed by atoms with Crippen molar-refractivity contribution >= 4 is 23.8 Å². The Morgan fingerprint density at radius 3 is 2.10 bits per heavy atom. The van der Waals surface area contributed by atoms with Gasteiger partial charge in [0.2, 0.25) is 5.91 Å². The maximum atomic E-state index is 11.5. The molecule has 0 aromatic rings. The summed E-state index contributed by atoms with van der Waals surface area (Å²) in [4.78, 5) is 46.4. The van der Waals surface area contributed by atoms with Gasteiger partial charge in [-0.05, 0) is 20.8 Å². The lowest BCUT2D eigenvalue weighted by Gasteiger charge is -2.14. The fourth-order valence-corrected chi connectivity index (χ4v) is 1.04. The number of imide groups is 1. The van der Waals surface area contributed by atoms with E-state index in [1.165, 1.54) is 18.7 Å². The quantitative estimate of drug-likeness (QED) is 0.600. The van der Waals surface area contributed by atoms with E-state index < -0.39 is 17.9 Å². The number of carbonyl (C=O) groups excluding carboxylic acids is 3. The van der Waals surface area contributed by atoms with Gasteiger partial charge in [-0.3, -0.25) is 14.9 Å². The maximum Gasteiger partial charge on any atom is 0.331 e. The molecule has 0 aromatic carbocycles. The summed E-state index contributed by atoms with van der Waals surface area (Å²) in [6.45, 7) is 4.59. The number of aliphatic carboxylic acids is 1. The molecule has 8 heteroatoms. The average Bonchev–Trinajstić information content (AvgIpc) is 2.41.